The number of hydrogen-bond donors (Lipinski definition) is 3. The molecule has 3 aromatic carbocycles. The van der Waals surface area contributed by atoms with Gasteiger partial charge in [0.1, 0.15) is 6.10 Å². The molecule has 4 rings (SSSR count). The summed E-state index contributed by atoms with van der Waals surface area (Å²) in [7, 11) is 0. The van der Waals surface area contributed by atoms with Gasteiger partial charge in [-0.05, 0) is 47.9 Å². The first-order chi connectivity index (χ1) is 19.4. The Morgan fingerprint density at radius 1 is 0.950 bits per heavy atom. The van der Waals surface area contributed by atoms with Crippen molar-refractivity contribution in [1.82, 2.24) is 10.2 Å². The third-order valence-corrected chi connectivity index (χ3v) is 7.53. The molecule has 1 unspecified atom stereocenters. The largest absolute Gasteiger partial charge is 0.446 e. The number of piperidine rings is 1. The molecule has 0 saturated carbocycles. The monoisotopic (exact) mass is 542 g/mol. The number of ether oxygens (including phenoxy) is 1. The number of anilines is 1. The minimum Gasteiger partial charge on any atom is -0.446 e. The van der Waals surface area contributed by atoms with Gasteiger partial charge in [0.2, 0.25) is 5.91 Å². The van der Waals surface area contributed by atoms with Crippen LogP contribution in [0.15, 0.2) is 78.9 Å². The van der Waals surface area contributed by atoms with Crippen molar-refractivity contribution in [3.05, 3.63) is 90.0 Å². The molecule has 0 spiro atoms. The van der Waals surface area contributed by atoms with Gasteiger partial charge in [0, 0.05) is 44.2 Å². The quantitative estimate of drug-likeness (QED) is 0.286. The molecule has 7 nitrogen and oxygen atoms in total. The van der Waals surface area contributed by atoms with Crippen LogP contribution in [0.4, 0.5) is 10.5 Å². The Bertz CT molecular complexity index is 1220. The van der Waals surface area contributed by atoms with Gasteiger partial charge in [-0.2, -0.15) is 0 Å². The number of carbonyl (C=O) groups is 2. The van der Waals surface area contributed by atoms with E-state index in [1.165, 1.54) is 0 Å². The van der Waals surface area contributed by atoms with Crippen molar-refractivity contribution in [2.45, 2.75) is 51.7 Å². The summed E-state index contributed by atoms with van der Waals surface area (Å²) < 4.78 is 5.73. The Hall–Kier alpha value is -3.68. The van der Waals surface area contributed by atoms with Gasteiger partial charge in [-0.1, -0.05) is 86.6 Å². The van der Waals surface area contributed by atoms with E-state index in [0.717, 1.165) is 60.4 Å². The van der Waals surface area contributed by atoms with Crippen LogP contribution < -0.4 is 16.4 Å². The highest BCUT2D eigenvalue weighted by Crippen LogP contribution is 2.28. The van der Waals surface area contributed by atoms with Crippen molar-refractivity contribution in [2.24, 2.45) is 11.7 Å². The highest BCUT2D eigenvalue weighted by Gasteiger charge is 2.22. The van der Waals surface area contributed by atoms with Crippen molar-refractivity contribution in [3.63, 3.8) is 0 Å². The summed E-state index contributed by atoms with van der Waals surface area (Å²) in [5.41, 5.74) is 11.2. The van der Waals surface area contributed by atoms with Gasteiger partial charge < -0.3 is 20.7 Å². The van der Waals surface area contributed by atoms with Crippen LogP contribution in [0.3, 0.4) is 0 Å². The summed E-state index contributed by atoms with van der Waals surface area (Å²) in [6.07, 6.45) is 2.19. The number of amides is 2. The van der Waals surface area contributed by atoms with Gasteiger partial charge in [0.05, 0.1) is 5.69 Å². The van der Waals surface area contributed by atoms with E-state index in [1.54, 1.807) is 0 Å². The summed E-state index contributed by atoms with van der Waals surface area (Å²) in [6.45, 7) is 7.30. The second-order valence-corrected chi connectivity index (χ2v) is 10.8. The highest BCUT2D eigenvalue weighted by molar-refractivity contribution is 5.91. The second-order valence-electron chi connectivity index (χ2n) is 10.8. The molecule has 1 aliphatic rings. The van der Waals surface area contributed by atoms with E-state index in [-0.39, 0.29) is 18.1 Å². The maximum Gasteiger partial charge on any atom is 0.411 e. The molecular formula is C33H42N4O3. The lowest BCUT2D eigenvalue weighted by molar-refractivity contribution is -0.121. The van der Waals surface area contributed by atoms with Gasteiger partial charge in [-0.15, -0.1) is 0 Å². The molecule has 3 aromatic rings. The molecular weight excluding hydrogens is 500 g/mol. The maximum atomic E-state index is 12.6. The normalized spacial score (nSPS) is 15.0. The summed E-state index contributed by atoms with van der Waals surface area (Å²) in [6, 6.07) is 26.0. The number of para-hydroxylation sites is 1. The van der Waals surface area contributed by atoms with Crippen LogP contribution in [-0.4, -0.2) is 49.2 Å². The Kier molecular flexibility index (Phi) is 10.7. The molecule has 1 fully saturated rings. The molecule has 1 saturated heterocycles. The number of nitrogens with two attached hydrogens (primary N) is 1. The van der Waals surface area contributed by atoms with E-state index in [4.69, 9.17) is 10.5 Å². The second kappa shape index (κ2) is 14.6. The van der Waals surface area contributed by atoms with Crippen LogP contribution in [0.1, 0.15) is 50.3 Å². The lowest BCUT2D eigenvalue weighted by Crippen LogP contribution is -2.42. The van der Waals surface area contributed by atoms with Crippen molar-refractivity contribution in [3.8, 4) is 11.1 Å². The van der Waals surface area contributed by atoms with Crippen LogP contribution in [0.2, 0.25) is 0 Å². The number of nitrogens with zero attached hydrogens (tertiary/aromatic N) is 1. The zero-order valence-corrected chi connectivity index (χ0v) is 23.6. The lowest BCUT2D eigenvalue weighted by atomic mass is 9.95. The van der Waals surface area contributed by atoms with Gasteiger partial charge in [0.25, 0.3) is 0 Å². The predicted molar refractivity (Wildman–Crippen MR) is 161 cm³/mol. The fourth-order valence-corrected chi connectivity index (χ4v) is 4.99. The minimum absolute atomic E-state index is 0.0357. The minimum atomic E-state index is -0.425. The van der Waals surface area contributed by atoms with E-state index in [2.05, 4.69) is 53.6 Å². The molecule has 0 aromatic heterocycles. The molecule has 40 heavy (non-hydrogen) atoms. The SMILES string of the molecule is CC(C)C(N)c1ccc(CCC(=O)NCCN2CCC(OC(=O)Nc3ccccc3-c3ccccc3)CC2)cc1. The highest BCUT2D eigenvalue weighted by atomic mass is 16.6. The standard InChI is InChI=1S/C33H42N4O3/c1-24(2)32(34)27-15-12-25(13-16-27)14-17-31(38)35-20-23-37-21-18-28(19-22-37)40-33(39)36-30-11-7-6-10-29(30)26-8-4-3-5-9-26/h3-13,15-16,24,28,32H,14,17-23,34H2,1-2H3,(H,35,38)(H,36,39). The summed E-state index contributed by atoms with van der Waals surface area (Å²) >= 11 is 0. The Morgan fingerprint density at radius 3 is 2.33 bits per heavy atom. The lowest BCUT2D eigenvalue weighted by Gasteiger charge is -2.31. The van der Waals surface area contributed by atoms with Crippen molar-refractivity contribution in [2.75, 3.05) is 31.5 Å². The molecule has 2 amide bonds. The Balaban J connectivity index is 1.12. The smallest absolute Gasteiger partial charge is 0.411 e. The molecule has 1 aliphatic heterocycles. The number of hydrogen-bond acceptors (Lipinski definition) is 5. The van der Waals surface area contributed by atoms with Crippen LogP contribution in [0.25, 0.3) is 11.1 Å². The van der Waals surface area contributed by atoms with E-state index >= 15 is 0 Å². The van der Waals surface area contributed by atoms with E-state index in [9.17, 15) is 9.59 Å². The molecule has 1 atom stereocenters. The number of aryl methyl sites for hydroxylation is 1. The third-order valence-electron chi connectivity index (χ3n) is 7.53. The number of likely N-dealkylation sites (tertiary alicyclic amines) is 1. The Morgan fingerprint density at radius 2 is 1.62 bits per heavy atom. The summed E-state index contributed by atoms with van der Waals surface area (Å²) in [4.78, 5) is 27.3. The number of benzene rings is 3. The third kappa shape index (κ3) is 8.66. The van der Waals surface area contributed by atoms with Gasteiger partial charge in [0.15, 0.2) is 0 Å². The van der Waals surface area contributed by atoms with E-state index in [1.807, 2.05) is 54.6 Å². The first-order valence-corrected chi connectivity index (χ1v) is 14.3. The van der Waals surface area contributed by atoms with Crippen LogP contribution in [0, 0.1) is 5.92 Å². The van der Waals surface area contributed by atoms with Crippen LogP contribution >= 0.6 is 0 Å². The maximum absolute atomic E-state index is 12.6. The molecule has 4 N–H and O–H groups in total. The van der Waals surface area contributed by atoms with Crippen molar-refractivity contribution < 1.29 is 14.3 Å². The number of carbonyl (C=O) groups excluding carboxylic acids is 2. The van der Waals surface area contributed by atoms with Gasteiger partial charge >= 0.3 is 6.09 Å². The average molecular weight is 543 g/mol. The van der Waals surface area contributed by atoms with Crippen molar-refractivity contribution >= 4 is 17.7 Å². The number of nitrogens with one attached hydrogen (secondary N) is 2. The summed E-state index contributed by atoms with van der Waals surface area (Å²) in [5.74, 6) is 0.455. The first kappa shape index (κ1) is 29.3. The predicted octanol–water partition coefficient (Wildman–Crippen LogP) is 5.77. The topological polar surface area (TPSA) is 96.7 Å². The Labute approximate surface area is 238 Å². The molecule has 212 valence electrons. The first-order valence-electron chi connectivity index (χ1n) is 14.3. The van der Waals surface area contributed by atoms with Crippen LogP contribution in [-0.2, 0) is 16.0 Å². The average Bonchev–Trinajstić information content (AvgIpc) is 2.97. The van der Waals surface area contributed by atoms with Gasteiger partial charge in [-0.25, -0.2) is 4.79 Å². The summed E-state index contributed by atoms with van der Waals surface area (Å²) in [5, 5.41) is 5.96. The van der Waals surface area contributed by atoms with E-state index < -0.39 is 6.09 Å². The van der Waals surface area contributed by atoms with Crippen molar-refractivity contribution in [1.29, 1.82) is 0 Å². The molecule has 0 aliphatic carbocycles. The zero-order valence-electron chi connectivity index (χ0n) is 23.6. The van der Waals surface area contributed by atoms with E-state index in [0.29, 0.717) is 25.3 Å². The molecule has 0 radical (unpaired) electrons. The fourth-order valence-electron chi connectivity index (χ4n) is 4.99. The fraction of sp³-hybridized carbons (Fsp3) is 0.394. The zero-order chi connectivity index (χ0) is 28.3. The van der Waals surface area contributed by atoms with Gasteiger partial charge in [-0.3, -0.25) is 10.1 Å². The molecule has 1 heterocycles. The van der Waals surface area contributed by atoms with Crippen LogP contribution in [0.5, 0.6) is 0 Å². The molecule has 0 bridgehead atoms. The number of rotatable bonds is 11. The molecule has 7 heteroatoms.